The molecule has 3 N–H and O–H groups in total. The number of imide groups is 1. The summed E-state index contributed by atoms with van der Waals surface area (Å²) in [6.45, 7) is 4.19. The molecule has 0 spiro atoms. The van der Waals surface area contributed by atoms with Gasteiger partial charge in [0.2, 0.25) is 11.8 Å². The number of rotatable bonds is 4. The van der Waals surface area contributed by atoms with Crippen LogP contribution in [0.25, 0.3) is 0 Å². The van der Waals surface area contributed by atoms with Crippen molar-refractivity contribution in [2.24, 2.45) is 0 Å². The van der Waals surface area contributed by atoms with Gasteiger partial charge in [-0.3, -0.25) is 14.5 Å². The van der Waals surface area contributed by atoms with E-state index in [1.54, 1.807) is 12.1 Å². The van der Waals surface area contributed by atoms with E-state index < -0.39 is 0 Å². The predicted molar refractivity (Wildman–Crippen MR) is 79.1 cm³/mol. The van der Waals surface area contributed by atoms with E-state index in [9.17, 15) is 14.4 Å². The summed E-state index contributed by atoms with van der Waals surface area (Å²) >= 11 is 0. The second kappa shape index (κ2) is 6.25. The highest BCUT2D eigenvalue weighted by molar-refractivity contribution is 5.97. The molecule has 0 bridgehead atoms. The molecule has 4 amide bonds. The fraction of sp³-hybridized carbons (Fsp3) is 0.357. The van der Waals surface area contributed by atoms with Crippen LogP contribution in [0.2, 0.25) is 0 Å². The van der Waals surface area contributed by atoms with Crippen LogP contribution < -0.4 is 16.0 Å². The first kappa shape index (κ1) is 14.8. The van der Waals surface area contributed by atoms with Crippen molar-refractivity contribution in [2.45, 2.75) is 13.8 Å². The Balaban J connectivity index is 2.01. The van der Waals surface area contributed by atoms with E-state index in [4.69, 9.17) is 0 Å². The van der Waals surface area contributed by atoms with Crippen LogP contribution in [0.3, 0.4) is 0 Å². The Kier molecular flexibility index (Phi) is 4.42. The number of amides is 4. The number of carbonyl (C=O) groups excluding carboxylic acids is 3. The van der Waals surface area contributed by atoms with Crippen molar-refractivity contribution in [3.63, 3.8) is 0 Å². The van der Waals surface area contributed by atoms with Crippen LogP contribution in [0.5, 0.6) is 0 Å². The number of nitrogens with one attached hydrogen (secondary N) is 3. The third-order valence-electron chi connectivity index (χ3n) is 3.23. The van der Waals surface area contributed by atoms with Crippen LogP contribution in [-0.2, 0) is 9.59 Å². The van der Waals surface area contributed by atoms with Crippen molar-refractivity contribution in [3.8, 4) is 0 Å². The number of hydrogen-bond acceptors (Lipinski definition) is 4. The van der Waals surface area contributed by atoms with Crippen molar-refractivity contribution in [3.05, 3.63) is 23.8 Å². The van der Waals surface area contributed by atoms with E-state index in [2.05, 4.69) is 16.0 Å². The Hall–Kier alpha value is -2.57. The molecule has 7 heteroatoms. The largest absolute Gasteiger partial charge is 0.376 e. The molecule has 1 aromatic carbocycles. The quantitative estimate of drug-likeness (QED) is 0.769. The van der Waals surface area contributed by atoms with Gasteiger partial charge in [-0.15, -0.1) is 0 Å². The Labute approximate surface area is 122 Å². The van der Waals surface area contributed by atoms with E-state index in [0.29, 0.717) is 18.8 Å². The van der Waals surface area contributed by atoms with Crippen LogP contribution >= 0.6 is 0 Å². The minimum Gasteiger partial charge on any atom is -0.376 e. The van der Waals surface area contributed by atoms with Gasteiger partial charge in [0.1, 0.15) is 0 Å². The maximum atomic E-state index is 11.9. The zero-order chi connectivity index (χ0) is 15.4. The lowest BCUT2D eigenvalue weighted by Crippen LogP contribution is -2.38. The van der Waals surface area contributed by atoms with Gasteiger partial charge in [-0.05, 0) is 24.6 Å². The standard InChI is InChI=1S/C14H18N4O3/c1-9-11(4-3-5-12(9)17-10(2)19)16-8-13(20)18-7-6-15-14(18)21/h3-5,16H,6-8H2,1-2H3,(H,15,21)(H,17,19). The number of carbonyl (C=O) groups is 3. The Morgan fingerprint density at radius 3 is 2.67 bits per heavy atom. The summed E-state index contributed by atoms with van der Waals surface area (Å²) in [4.78, 5) is 35.6. The zero-order valence-electron chi connectivity index (χ0n) is 12.0. The van der Waals surface area contributed by atoms with E-state index in [-0.39, 0.29) is 24.4 Å². The molecule has 0 unspecified atom stereocenters. The molecule has 1 aromatic rings. The second-order valence-corrected chi connectivity index (χ2v) is 4.79. The number of nitrogens with zero attached hydrogens (tertiary/aromatic N) is 1. The Bertz CT molecular complexity index is 586. The first-order valence-corrected chi connectivity index (χ1v) is 6.68. The molecule has 0 saturated carbocycles. The molecule has 1 saturated heterocycles. The zero-order valence-corrected chi connectivity index (χ0v) is 12.0. The van der Waals surface area contributed by atoms with Gasteiger partial charge >= 0.3 is 6.03 Å². The second-order valence-electron chi connectivity index (χ2n) is 4.79. The van der Waals surface area contributed by atoms with Gasteiger partial charge in [-0.2, -0.15) is 0 Å². The minimum atomic E-state index is -0.356. The Morgan fingerprint density at radius 2 is 2.05 bits per heavy atom. The average Bonchev–Trinajstić information content (AvgIpc) is 2.85. The molecule has 0 aliphatic carbocycles. The molecule has 2 rings (SSSR count). The monoisotopic (exact) mass is 290 g/mol. The van der Waals surface area contributed by atoms with Crippen LogP contribution in [-0.4, -0.2) is 42.4 Å². The van der Waals surface area contributed by atoms with Gasteiger partial charge in [0.25, 0.3) is 0 Å². The summed E-state index contributed by atoms with van der Waals surface area (Å²) in [5.74, 6) is -0.436. The molecule has 1 aliphatic heterocycles. The first-order valence-electron chi connectivity index (χ1n) is 6.68. The molecule has 1 aliphatic rings. The minimum absolute atomic E-state index is 0.0256. The molecule has 0 atom stereocenters. The Morgan fingerprint density at radius 1 is 1.33 bits per heavy atom. The third kappa shape index (κ3) is 3.50. The highest BCUT2D eigenvalue weighted by Gasteiger charge is 2.25. The fourth-order valence-corrected chi connectivity index (χ4v) is 2.13. The molecule has 1 heterocycles. The molecule has 112 valence electrons. The van der Waals surface area contributed by atoms with Crippen LogP contribution in [0, 0.1) is 6.92 Å². The number of anilines is 2. The van der Waals surface area contributed by atoms with Crippen molar-refractivity contribution < 1.29 is 14.4 Å². The SMILES string of the molecule is CC(=O)Nc1cccc(NCC(=O)N2CCNC2=O)c1C. The first-order chi connectivity index (χ1) is 9.99. The van der Waals surface area contributed by atoms with Crippen LogP contribution in [0.1, 0.15) is 12.5 Å². The van der Waals surface area contributed by atoms with E-state index >= 15 is 0 Å². The maximum absolute atomic E-state index is 11.9. The van der Waals surface area contributed by atoms with Gasteiger partial charge < -0.3 is 16.0 Å². The van der Waals surface area contributed by atoms with Crippen molar-refractivity contribution in [1.82, 2.24) is 10.2 Å². The highest BCUT2D eigenvalue weighted by Crippen LogP contribution is 2.23. The lowest BCUT2D eigenvalue weighted by molar-refractivity contribution is -0.125. The molecule has 7 nitrogen and oxygen atoms in total. The summed E-state index contributed by atoms with van der Waals surface area (Å²) in [5, 5.41) is 8.31. The normalized spacial score (nSPS) is 13.8. The van der Waals surface area contributed by atoms with Gasteiger partial charge in [0.05, 0.1) is 6.54 Å². The van der Waals surface area contributed by atoms with E-state index in [1.807, 2.05) is 13.0 Å². The topological polar surface area (TPSA) is 90.5 Å². The van der Waals surface area contributed by atoms with Crippen LogP contribution in [0.15, 0.2) is 18.2 Å². The molecule has 1 fully saturated rings. The number of urea groups is 1. The summed E-state index contributed by atoms with van der Waals surface area (Å²) in [6, 6.07) is 5.04. The molecule has 0 radical (unpaired) electrons. The van der Waals surface area contributed by atoms with E-state index in [1.165, 1.54) is 11.8 Å². The highest BCUT2D eigenvalue weighted by atomic mass is 16.2. The van der Waals surface area contributed by atoms with E-state index in [0.717, 1.165) is 11.3 Å². The van der Waals surface area contributed by atoms with Crippen molar-refractivity contribution in [2.75, 3.05) is 30.3 Å². The summed E-state index contributed by atoms with van der Waals surface area (Å²) in [5.41, 5.74) is 2.28. The van der Waals surface area contributed by atoms with Crippen molar-refractivity contribution >= 4 is 29.2 Å². The summed E-state index contributed by atoms with van der Waals surface area (Å²) in [6.07, 6.45) is 0. The predicted octanol–water partition coefficient (Wildman–Crippen LogP) is 0.917. The van der Waals surface area contributed by atoms with Gasteiger partial charge in [-0.1, -0.05) is 6.07 Å². The van der Waals surface area contributed by atoms with Gasteiger partial charge in [0, 0.05) is 31.4 Å². The summed E-state index contributed by atoms with van der Waals surface area (Å²) < 4.78 is 0. The van der Waals surface area contributed by atoms with Crippen LogP contribution in [0.4, 0.5) is 16.2 Å². The molecule has 0 aromatic heterocycles. The van der Waals surface area contributed by atoms with Crippen molar-refractivity contribution in [1.29, 1.82) is 0 Å². The smallest absolute Gasteiger partial charge is 0.324 e. The summed E-state index contributed by atoms with van der Waals surface area (Å²) in [7, 11) is 0. The third-order valence-corrected chi connectivity index (χ3v) is 3.23. The van der Waals surface area contributed by atoms with Gasteiger partial charge in [-0.25, -0.2) is 4.79 Å². The number of hydrogen-bond donors (Lipinski definition) is 3. The molecular weight excluding hydrogens is 272 g/mol. The number of benzene rings is 1. The average molecular weight is 290 g/mol. The maximum Gasteiger partial charge on any atom is 0.324 e. The molecule has 21 heavy (non-hydrogen) atoms. The fourth-order valence-electron chi connectivity index (χ4n) is 2.13. The van der Waals surface area contributed by atoms with Gasteiger partial charge in [0.15, 0.2) is 0 Å². The lowest BCUT2D eigenvalue weighted by Gasteiger charge is -2.16. The lowest BCUT2D eigenvalue weighted by atomic mass is 10.1. The molecular formula is C14H18N4O3.